The molecule has 2 heterocycles. The SMILES string of the molecule is COc1cc(-c2ccnc3c2ccn3S(=O)(=O)c2ccccc2)ccc1NC(=O)[C@@H](CC(C)C)NC(=O)OC(C)(C)C. The number of carbonyl (C=O) groups is 2. The third-order valence-electron chi connectivity index (χ3n) is 6.34. The summed E-state index contributed by atoms with van der Waals surface area (Å²) in [5, 5.41) is 6.17. The second-order valence-electron chi connectivity index (χ2n) is 11.3. The van der Waals surface area contributed by atoms with Crippen molar-refractivity contribution in [3.63, 3.8) is 0 Å². The number of benzene rings is 2. The van der Waals surface area contributed by atoms with Gasteiger partial charge in [-0.1, -0.05) is 38.1 Å². The highest BCUT2D eigenvalue weighted by Gasteiger charge is 2.26. The van der Waals surface area contributed by atoms with Crippen molar-refractivity contribution < 1.29 is 27.5 Å². The van der Waals surface area contributed by atoms with Crippen LogP contribution in [-0.4, -0.2) is 48.1 Å². The third kappa shape index (κ3) is 6.91. The van der Waals surface area contributed by atoms with Crippen LogP contribution in [0.4, 0.5) is 10.5 Å². The summed E-state index contributed by atoms with van der Waals surface area (Å²) in [6.07, 6.45) is 2.77. The number of hydrogen-bond acceptors (Lipinski definition) is 7. The van der Waals surface area contributed by atoms with Crippen molar-refractivity contribution in [2.24, 2.45) is 5.92 Å². The third-order valence-corrected chi connectivity index (χ3v) is 8.02. The van der Waals surface area contributed by atoms with Gasteiger partial charge in [-0.2, -0.15) is 0 Å². The van der Waals surface area contributed by atoms with Crippen molar-refractivity contribution in [1.82, 2.24) is 14.3 Å². The maximum Gasteiger partial charge on any atom is 0.408 e. The number of alkyl carbamates (subject to hydrolysis) is 1. The van der Waals surface area contributed by atoms with Crippen molar-refractivity contribution in [1.29, 1.82) is 0 Å². The lowest BCUT2D eigenvalue weighted by Gasteiger charge is -2.24. The van der Waals surface area contributed by atoms with Crippen LogP contribution in [0.1, 0.15) is 41.0 Å². The van der Waals surface area contributed by atoms with Gasteiger partial charge < -0.3 is 20.1 Å². The van der Waals surface area contributed by atoms with Gasteiger partial charge in [0.25, 0.3) is 10.0 Å². The lowest BCUT2D eigenvalue weighted by atomic mass is 10.0. The summed E-state index contributed by atoms with van der Waals surface area (Å²) < 4.78 is 38.7. The van der Waals surface area contributed by atoms with Crippen LogP contribution in [0.3, 0.4) is 0 Å². The predicted octanol–water partition coefficient (Wildman–Crippen LogP) is 5.83. The van der Waals surface area contributed by atoms with E-state index in [-0.39, 0.29) is 16.5 Å². The van der Waals surface area contributed by atoms with E-state index in [0.717, 1.165) is 11.1 Å². The van der Waals surface area contributed by atoms with Gasteiger partial charge in [0.05, 0.1) is 17.7 Å². The van der Waals surface area contributed by atoms with Gasteiger partial charge in [0.15, 0.2) is 5.65 Å². The number of hydrogen-bond donors (Lipinski definition) is 2. The molecule has 10 nitrogen and oxygen atoms in total. The Morgan fingerprint density at radius 3 is 2.38 bits per heavy atom. The summed E-state index contributed by atoms with van der Waals surface area (Å²) >= 11 is 0. The minimum Gasteiger partial charge on any atom is -0.495 e. The molecule has 0 saturated heterocycles. The van der Waals surface area contributed by atoms with Gasteiger partial charge in [-0.25, -0.2) is 22.2 Å². The van der Waals surface area contributed by atoms with E-state index in [0.29, 0.717) is 23.2 Å². The summed E-state index contributed by atoms with van der Waals surface area (Å²) in [4.78, 5) is 30.2. The Hall–Kier alpha value is -4.38. The highest BCUT2D eigenvalue weighted by Crippen LogP contribution is 2.35. The number of fused-ring (bicyclic) bond motifs is 1. The molecule has 222 valence electrons. The molecular weight excluding hydrogens is 556 g/mol. The first-order valence-electron chi connectivity index (χ1n) is 13.6. The predicted molar refractivity (Wildman–Crippen MR) is 162 cm³/mol. The highest BCUT2D eigenvalue weighted by molar-refractivity contribution is 7.90. The van der Waals surface area contributed by atoms with Crippen LogP contribution in [0.5, 0.6) is 5.75 Å². The summed E-state index contributed by atoms with van der Waals surface area (Å²) in [7, 11) is -2.36. The van der Waals surface area contributed by atoms with Gasteiger partial charge in [-0.05, 0) is 80.6 Å². The largest absolute Gasteiger partial charge is 0.495 e. The van der Waals surface area contributed by atoms with E-state index in [1.54, 1.807) is 75.5 Å². The molecule has 2 N–H and O–H groups in total. The standard InChI is InChI=1S/C31H36N4O6S/c1-20(2)18-26(34-30(37)41-31(3,4)5)29(36)33-25-13-12-21(19-27(25)40-6)23-14-16-32-28-24(23)15-17-35(28)42(38,39)22-10-8-7-9-11-22/h7-17,19-20,26H,18H2,1-6H3,(H,33,36)(H,34,37)/t26-/m1/s1. The summed E-state index contributed by atoms with van der Waals surface area (Å²) in [6, 6.07) is 16.1. The number of ether oxygens (including phenoxy) is 2. The lowest BCUT2D eigenvalue weighted by molar-refractivity contribution is -0.118. The van der Waals surface area contributed by atoms with Gasteiger partial charge >= 0.3 is 6.09 Å². The van der Waals surface area contributed by atoms with Crippen LogP contribution in [0.15, 0.2) is 78.0 Å². The Kier molecular flexibility index (Phi) is 8.91. The number of amides is 2. The first kappa shape index (κ1) is 30.6. The van der Waals surface area contributed by atoms with E-state index in [4.69, 9.17) is 9.47 Å². The van der Waals surface area contributed by atoms with Gasteiger partial charge in [0, 0.05) is 17.8 Å². The molecule has 0 unspecified atom stereocenters. The molecule has 2 amide bonds. The Bertz CT molecular complexity index is 1690. The Balaban J connectivity index is 1.63. The van der Waals surface area contributed by atoms with Crippen LogP contribution in [0.2, 0.25) is 0 Å². The van der Waals surface area contributed by atoms with Gasteiger partial charge in [-0.15, -0.1) is 0 Å². The number of carbonyl (C=O) groups excluding carboxylic acids is 2. The quantitative estimate of drug-likeness (QED) is 0.250. The molecule has 1 atom stereocenters. The maximum atomic E-state index is 13.3. The molecule has 0 fully saturated rings. The molecule has 0 bridgehead atoms. The van der Waals surface area contributed by atoms with Crippen LogP contribution in [0.25, 0.3) is 22.2 Å². The smallest absolute Gasteiger partial charge is 0.408 e. The topological polar surface area (TPSA) is 129 Å². The number of nitrogens with zero attached hydrogens (tertiary/aromatic N) is 2. The normalized spacial score (nSPS) is 12.6. The number of rotatable bonds is 9. The van der Waals surface area contributed by atoms with Crippen LogP contribution in [-0.2, 0) is 19.6 Å². The molecule has 0 aliphatic heterocycles. The van der Waals surface area contributed by atoms with Crippen molar-refractivity contribution in [3.05, 3.63) is 73.1 Å². The molecule has 0 radical (unpaired) electrons. The fourth-order valence-corrected chi connectivity index (χ4v) is 5.82. The first-order valence-corrected chi connectivity index (χ1v) is 15.0. The summed E-state index contributed by atoms with van der Waals surface area (Å²) in [6.45, 7) is 9.18. The zero-order chi connectivity index (χ0) is 30.7. The first-order chi connectivity index (χ1) is 19.8. The number of methoxy groups -OCH3 is 1. The van der Waals surface area contributed by atoms with Crippen molar-refractivity contribution in [2.75, 3.05) is 12.4 Å². The van der Waals surface area contributed by atoms with E-state index < -0.39 is 33.7 Å². The Morgan fingerprint density at radius 1 is 1.02 bits per heavy atom. The molecule has 0 saturated carbocycles. The summed E-state index contributed by atoms with van der Waals surface area (Å²) in [5.41, 5.74) is 1.48. The number of pyridine rings is 1. The molecule has 11 heteroatoms. The second kappa shape index (κ2) is 12.2. The monoisotopic (exact) mass is 592 g/mol. The molecule has 2 aromatic carbocycles. The van der Waals surface area contributed by atoms with Crippen LogP contribution >= 0.6 is 0 Å². The molecule has 4 rings (SSSR count). The highest BCUT2D eigenvalue weighted by atomic mass is 32.2. The van der Waals surface area contributed by atoms with Gasteiger partial charge in [0.2, 0.25) is 5.91 Å². The van der Waals surface area contributed by atoms with E-state index in [2.05, 4.69) is 15.6 Å². The molecule has 0 spiro atoms. The summed E-state index contributed by atoms with van der Waals surface area (Å²) in [5.74, 6) is 0.116. The minimum absolute atomic E-state index is 0.132. The van der Waals surface area contributed by atoms with Crippen LogP contribution < -0.4 is 15.4 Å². The zero-order valence-electron chi connectivity index (χ0n) is 24.5. The van der Waals surface area contributed by atoms with E-state index in [9.17, 15) is 18.0 Å². The number of aromatic nitrogens is 2. The van der Waals surface area contributed by atoms with Crippen molar-refractivity contribution in [3.8, 4) is 16.9 Å². The molecular formula is C31H36N4O6S. The van der Waals surface area contributed by atoms with E-state index in [1.807, 2.05) is 13.8 Å². The lowest BCUT2D eigenvalue weighted by Crippen LogP contribution is -2.46. The Labute approximate surface area is 246 Å². The maximum absolute atomic E-state index is 13.3. The molecule has 4 aromatic rings. The number of anilines is 1. The van der Waals surface area contributed by atoms with Crippen molar-refractivity contribution >= 4 is 38.7 Å². The molecule has 2 aromatic heterocycles. The molecule has 0 aliphatic carbocycles. The van der Waals surface area contributed by atoms with E-state index >= 15 is 0 Å². The Morgan fingerprint density at radius 2 is 1.74 bits per heavy atom. The van der Waals surface area contributed by atoms with Gasteiger partial charge in [0.1, 0.15) is 17.4 Å². The minimum atomic E-state index is -3.85. The molecule has 42 heavy (non-hydrogen) atoms. The zero-order valence-corrected chi connectivity index (χ0v) is 25.4. The van der Waals surface area contributed by atoms with Crippen molar-refractivity contribution in [2.45, 2.75) is 57.6 Å². The average molecular weight is 593 g/mol. The fourth-order valence-electron chi connectivity index (χ4n) is 4.50. The fraction of sp³-hybridized carbons (Fsp3) is 0.323. The average Bonchev–Trinajstić information content (AvgIpc) is 3.37. The number of nitrogens with one attached hydrogen (secondary N) is 2. The van der Waals surface area contributed by atoms with Gasteiger partial charge in [-0.3, -0.25) is 4.79 Å². The second-order valence-corrected chi connectivity index (χ2v) is 13.1. The van der Waals surface area contributed by atoms with E-state index in [1.165, 1.54) is 29.4 Å². The van der Waals surface area contributed by atoms with Crippen LogP contribution in [0, 0.1) is 5.92 Å². The molecule has 0 aliphatic rings.